The Morgan fingerprint density at radius 1 is 0.968 bits per heavy atom. The Bertz CT molecular complexity index is 728. The average molecular weight is 431 g/mol. The number of rotatable bonds is 4. The molecule has 10 unspecified atom stereocenters. The molecule has 2 N–H and O–H groups in total. The number of aliphatic hydroxyl groups is 2. The van der Waals surface area contributed by atoms with Crippen LogP contribution in [0.3, 0.4) is 0 Å². The molecular weight excluding hydrogens is 384 g/mol. The molecule has 0 radical (unpaired) electrons. The highest BCUT2D eigenvalue weighted by Gasteiger charge is 2.67. The first-order valence-electron chi connectivity index (χ1n) is 13.1. The summed E-state index contributed by atoms with van der Waals surface area (Å²) in [5.74, 6) is 3.96. The Morgan fingerprint density at radius 3 is 2.35 bits per heavy atom. The number of carbonyl (C=O) groups is 1. The lowest BCUT2D eigenvalue weighted by Crippen LogP contribution is -2.67. The number of carbonyl (C=O) groups excluding carboxylic acids is 1. The van der Waals surface area contributed by atoms with Crippen LogP contribution in [0.1, 0.15) is 92.9 Å². The summed E-state index contributed by atoms with van der Waals surface area (Å²) < 4.78 is 0. The number of aliphatic hydroxyl groups excluding tert-OH is 1. The third kappa shape index (κ3) is 3.48. The first kappa shape index (κ1) is 23.5. The predicted molar refractivity (Wildman–Crippen MR) is 125 cm³/mol. The number of fused-ring (bicyclic) bond motifs is 5. The molecule has 0 aromatic rings. The van der Waals surface area contributed by atoms with Crippen molar-refractivity contribution in [3.05, 3.63) is 12.2 Å². The summed E-state index contributed by atoms with van der Waals surface area (Å²) in [6.07, 6.45) is 11.4. The summed E-state index contributed by atoms with van der Waals surface area (Å²) in [6.45, 7) is 14.0. The number of ketones is 1. The maximum Gasteiger partial charge on any atom is 0.165 e. The predicted octanol–water partition coefficient (Wildman–Crippen LogP) is 5.78. The summed E-state index contributed by atoms with van der Waals surface area (Å²) in [4.78, 5) is 13.3. The topological polar surface area (TPSA) is 57.5 Å². The van der Waals surface area contributed by atoms with Crippen molar-refractivity contribution < 1.29 is 15.0 Å². The van der Waals surface area contributed by atoms with Crippen molar-refractivity contribution in [1.82, 2.24) is 0 Å². The minimum absolute atomic E-state index is 0.0152. The summed E-state index contributed by atoms with van der Waals surface area (Å²) in [5, 5.41) is 21.8. The molecule has 0 saturated heterocycles. The minimum Gasteiger partial charge on any atom is -0.393 e. The second-order valence-electron chi connectivity index (χ2n) is 12.8. The first-order valence-corrected chi connectivity index (χ1v) is 13.1. The number of hydrogen-bond donors (Lipinski definition) is 2. The van der Waals surface area contributed by atoms with E-state index in [9.17, 15) is 15.0 Å². The molecular formula is C28H46O3. The Balaban J connectivity index is 1.57. The van der Waals surface area contributed by atoms with Gasteiger partial charge in [0.2, 0.25) is 0 Å². The van der Waals surface area contributed by atoms with Gasteiger partial charge in [0, 0.05) is 18.3 Å². The van der Waals surface area contributed by atoms with Crippen LogP contribution in [-0.2, 0) is 4.79 Å². The van der Waals surface area contributed by atoms with Gasteiger partial charge in [-0.1, -0.05) is 53.7 Å². The van der Waals surface area contributed by atoms with E-state index in [1.165, 1.54) is 19.3 Å². The van der Waals surface area contributed by atoms with E-state index in [1.54, 1.807) is 0 Å². The molecule has 0 bridgehead atoms. The van der Waals surface area contributed by atoms with Gasteiger partial charge < -0.3 is 10.2 Å². The highest BCUT2D eigenvalue weighted by molar-refractivity contribution is 5.89. The lowest BCUT2D eigenvalue weighted by atomic mass is 9.42. The third-order valence-corrected chi connectivity index (χ3v) is 11.1. The van der Waals surface area contributed by atoms with Gasteiger partial charge in [0.1, 0.15) is 5.60 Å². The zero-order valence-electron chi connectivity index (χ0n) is 20.7. The van der Waals surface area contributed by atoms with E-state index in [0.29, 0.717) is 53.3 Å². The molecule has 10 atom stereocenters. The Hall–Kier alpha value is -0.670. The Morgan fingerprint density at radius 2 is 1.68 bits per heavy atom. The van der Waals surface area contributed by atoms with Gasteiger partial charge >= 0.3 is 0 Å². The van der Waals surface area contributed by atoms with Crippen LogP contribution < -0.4 is 0 Å². The van der Waals surface area contributed by atoms with Crippen LogP contribution in [0.5, 0.6) is 0 Å². The van der Waals surface area contributed by atoms with Gasteiger partial charge in [0.05, 0.1) is 6.10 Å². The normalized spacial score (nSPS) is 49.6. The number of allylic oxidation sites excluding steroid dienone is 2. The van der Waals surface area contributed by atoms with E-state index in [4.69, 9.17) is 0 Å². The smallest absolute Gasteiger partial charge is 0.165 e. The average Bonchev–Trinajstić information content (AvgIpc) is 3.05. The van der Waals surface area contributed by atoms with Crippen molar-refractivity contribution >= 4 is 5.78 Å². The van der Waals surface area contributed by atoms with Crippen LogP contribution in [0.15, 0.2) is 12.2 Å². The van der Waals surface area contributed by atoms with E-state index >= 15 is 0 Å². The third-order valence-electron chi connectivity index (χ3n) is 11.1. The van der Waals surface area contributed by atoms with Crippen molar-refractivity contribution in [1.29, 1.82) is 0 Å². The highest BCUT2D eigenvalue weighted by atomic mass is 16.3. The van der Waals surface area contributed by atoms with Gasteiger partial charge in [-0.25, -0.2) is 0 Å². The summed E-state index contributed by atoms with van der Waals surface area (Å²) in [7, 11) is 0. The zero-order chi connectivity index (χ0) is 22.8. The van der Waals surface area contributed by atoms with E-state index < -0.39 is 11.7 Å². The summed E-state index contributed by atoms with van der Waals surface area (Å²) in [5.41, 5.74) is -1.39. The molecule has 4 fully saturated rings. The van der Waals surface area contributed by atoms with Gasteiger partial charge in [-0.15, -0.1) is 0 Å². The first-order chi connectivity index (χ1) is 14.4. The van der Waals surface area contributed by atoms with Crippen molar-refractivity contribution in [3.63, 3.8) is 0 Å². The monoisotopic (exact) mass is 430 g/mol. The minimum atomic E-state index is -1.32. The van der Waals surface area contributed by atoms with Crippen molar-refractivity contribution in [2.75, 3.05) is 0 Å². The van der Waals surface area contributed by atoms with Gasteiger partial charge in [-0.3, -0.25) is 4.79 Å². The quantitative estimate of drug-likeness (QED) is 0.556. The standard InChI is InChI=1S/C28H46O3/c1-17(2)18(3)7-8-19(4)22-9-10-23-21-15-25(30)28(31)16-20(29)11-14-27(28,6)24(21)12-13-26(22,23)5/h7-8,17-24,29,31H,9-16H2,1-6H3. The molecule has 0 amide bonds. The maximum absolute atomic E-state index is 13.3. The second-order valence-corrected chi connectivity index (χ2v) is 12.8. The van der Waals surface area contributed by atoms with Crippen LogP contribution in [-0.4, -0.2) is 27.7 Å². The van der Waals surface area contributed by atoms with E-state index in [2.05, 4.69) is 53.7 Å². The van der Waals surface area contributed by atoms with E-state index in [1.807, 2.05) is 0 Å². The molecule has 176 valence electrons. The molecule has 3 heteroatoms. The maximum atomic E-state index is 13.3. The Labute approximate surface area is 190 Å². The molecule has 4 aliphatic carbocycles. The molecule has 0 heterocycles. The van der Waals surface area contributed by atoms with Gasteiger partial charge in [0.25, 0.3) is 0 Å². The van der Waals surface area contributed by atoms with Crippen LogP contribution >= 0.6 is 0 Å². The molecule has 4 saturated carbocycles. The molecule has 4 aliphatic rings. The van der Waals surface area contributed by atoms with Gasteiger partial charge in [-0.05, 0) is 85.4 Å². The fourth-order valence-electron chi connectivity index (χ4n) is 8.63. The summed E-state index contributed by atoms with van der Waals surface area (Å²) >= 11 is 0. The highest BCUT2D eigenvalue weighted by Crippen LogP contribution is 2.68. The van der Waals surface area contributed by atoms with Crippen molar-refractivity contribution in [2.24, 2.45) is 52.3 Å². The zero-order valence-corrected chi connectivity index (χ0v) is 20.7. The molecule has 4 rings (SSSR count). The van der Waals surface area contributed by atoms with Crippen molar-refractivity contribution in [2.45, 2.75) is 105 Å². The SMILES string of the molecule is CC(C)C(C)C=CC(C)C1CCC2C3CC(=O)C4(O)CC(O)CCC4(C)C3CCC12C. The van der Waals surface area contributed by atoms with Crippen LogP contribution in [0.2, 0.25) is 0 Å². The molecule has 31 heavy (non-hydrogen) atoms. The molecule has 0 aromatic carbocycles. The van der Waals surface area contributed by atoms with Crippen LogP contribution in [0.25, 0.3) is 0 Å². The Kier molecular flexibility index (Phi) is 6.04. The molecule has 3 nitrogen and oxygen atoms in total. The van der Waals surface area contributed by atoms with Crippen molar-refractivity contribution in [3.8, 4) is 0 Å². The lowest BCUT2D eigenvalue weighted by Gasteiger charge is -2.63. The molecule has 0 aliphatic heterocycles. The molecule has 0 spiro atoms. The number of Topliss-reactive ketones (excluding diaryl/α,β-unsaturated/α-hetero) is 1. The van der Waals surface area contributed by atoms with E-state index in [0.717, 1.165) is 19.3 Å². The number of hydrogen-bond acceptors (Lipinski definition) is 3. The van der Waals surface area contributed by atoms with E-state index in [-0.39, 0.29) is 17.6 Å². The fourth-order valence-corrected chi connectivity index (χ4v) is 8.63. The molecule has 0 aromatic heterocycles. The largest absolute Gasteiger partial charge is 0.393 e. The van der Waals surface area contributed by atoms with Crippen LogP contribution in [0, 0.1) is 52.3 Å². The fraction of sp³-hybridized carbons (Fsp3) is 0.893. The van der Waals surface area contributed by atoms with Gasteiger partial charge in [-0.2, -0.15) is 0 Å². The second kappa shape index (κ2) is 7.97. The lowest BCUT2D eigenvalue weighted by molar-refractivity contribution is -0.213. The summed E-state index contributed by atoms with van der Waals surface area (Å²) in [6, 6.07) is 0. The van der Waals surface area contributed by atoms with Crippen LogP contribution in [0.4, 0.5) is 0 Å². The van der Waals surface area contributed by atoms with Gasteiger partial charge in [0.15, 0.2) is 5.78 Å².